The van der Waals surface area contributed by atoms with Gasteiger partial charge in [-0.3, -0.25) is 24.0 Å². The number of fused-ring (bicyclic) bond motifs is 5. The SMILES string of the molecule is Cc1cc(C(C)C)c2n(c1=O)CC(C)C(C)C2.Cc1cc(C(C)C)c2n(c1=O)CC(C)C2C.Cc1cc(C(C)C)c2n(c1=O)CCC2(F)F.Cc1cc(C(C)C)c2n(c1=O)CCC2F.Cc1cc(C(C)C)c2n(c1=O)CCCC2. The number of aryl methyl sites for hydroxylation is 5. The van der Waals surface area contributed by atoms with Crippen LogP contribution < -0.4 is 27.8 Å². The topological polar surface area (TPSA) is 110 Å². The van der Waals surface area contributed by atoms with E-state index in [1.807, 2.05) is 68.2 Å². The number of hydrogen-bond donors (Lipinski definition) is 0. The van der Waals surface area contributed by atoms with E-state index in [1.165, 1.54) is 44.8 Å². The molecule has 0 aromatic carbocycles. The van der Waals surface area contributed by atoms with Gasteiger partial charge in [-0.1, -0.05) is 96.9 Å². The number of hydrogen-bond acceptors (Lipinski definition) is 5. The maximum absolute atomic E-state index is 13.7. The summed E-state index contributed by atoms with van der Waals surface area (Å²) in [7, 11) is 0. The van der Waals surface area contributed by atoms with Crippen molar-refractivity contribution in [3.8, 4) is 0 Å². The largest absolute Gasteiger partial charge is 0.312 e. The van der Waals surface area contributed by atoms with Gasteiger partial charge in [0.05, 0.1) is 11.4 Å². The number of rotatable bonds is 5. The Hall–Kier alpha value is -5.46. The van der Waals surface area contributed by atoms with Gasteiger partial charge in [0, 0.05) is 96.4 Å². The molecule has 5 aliphatic rings. The van der Waals surface area contributed by atoms with Crippen LogP contribution in [0.5, 0.6) is 0 Å². The smallest absolute Gasteiger partial charge is 0.289 e. The van der Waals surface area contributed by atoms with Crippen LogP contribution in [0.2, 0.25) is 0 Å². The second-order valence-corrected chi connectivity index (χ2v) is 25.5. The van der Waals surface area contributed by atoms with Crippen molar-refractivity contribution in [2.45, 2.75) is 250 Å². The molecule has 5 atom stereocenters. The zero-order chi connectivity index (χ0) is 59.0. The Labute approximate surface area is 468 Å². The molecule has 10 nitrogen and oxygen atoms in total. The summed E-state index contributed by atoms with van der Waals surface area (Å²) < 4.78 is 50.0. The quantitative estimate of drug-likeness (QED) is 0.174. The first-order valence-corrected chi connectivity index (χ1v) is 29.5. The highest BCUT2D eigenvalue weighted by Crippen LogP contribution is 2.41. The van der Waals surface area contributed by atoms with Gasteiger partial charge < -0.3 is 22.8 Å². The molecule has 0 amide bonds. The van der Waals surface area contributed by atoms with Gasteiger partial charge >= 0.3 is 0 Å². The molecule has 0 fully saturated rings. The van der Waals surface area contributed by atoms with Gasteiger partial charge in [-0.25, -0.2) is 4.39 Å². The normalized spacial score (nSPS) is 20.3. The molecule has 13 heteroatoms. The minimum Gasteiger partial charge on any atom is -0.312 e. The molecule has 434 valence electrons. The van der Waals surface area contributed by atoms with Gasteiger partial charge in [-0.05, 0) is 166 Å². The second kappa shape index (κ2) is 25.1. The first-order valence-electron chi connectivity index (χ1n) is 29.5. The average Bonchev–Trinajstić information content (AvgIpc) is 4.11. The fourth-order valence-electron chi connectivity index (χ4n) is 12.5. The lowest BCUT2D eigenvalue weighted by molar-refractivity contribution is -0.00334. The molecule has 0 aliphatic carbocycles. The number of nitrogens with zero attached hydrogens (tertiary/aromatic N) is 5. The Balaban J connectivity index is 0.000000160. The fourth-order valence-corrected chi connectivity index (χ4v) is 12.5. The molecule has 10 rings (SSSR count). The van der Waals surface area contributed by atoms with Gasteiger partial charge in [-0.2, -0.15) is 8.78 Å². The molecule has 0 bridgehead atoms. The molecular formula is C66H94F3N5O5. The summed E-state index contributed by atoms with van der Waals surface area (Å²) in [5, 5.41) is 0. The predicted molar refractivity (Wildman–Crippen MR) is 317 cm³/mol. The van der Waals surface area contributed by atoms with Crippen LogP contribution in [-0.2, 0) is 51.5 Å². The summed E-state index contributed by atoms with van der Waals surface area (Å²) in [6.45, 7) is 42.7. The lowest BCUT2D eigenvalue weighted by atomic mass is 9.84. The molecule has 5 unspecified atom stereocenters. The summed E-state index contributed by atoms with van der Waals surface area (Å²) >= 11 is 0. The van der Waals surface area contributed by atoms with Crippen LogP contribution in [-0.4, -0.2) is 22.8 Å². The second-order valence-electron chi connectivity index (χ2n) is 25.5. The Morgan fingerprint density at radius 3 is 1.39 bits per heavy atom. The zero-order valence-corrected chi connectivity index (χ0v) is 51.3. The van der Waals surface area contributed by atoms with Crippen molar-refractivity contribution >= 4 is 0 Å². The Bertz CT molecular complexity index is 3330. The van der Waals surface area contributed by atoms with E-state index in [1.54, 1.807) is 24.5 Å². The monoisotopic (exact) mass is 1090 g/mol. The van der Waals surface area contributed by atoms with E-state index < -0.39 is 12.1 Å². The first kappa shape index (κ1) is 62.7. The molecule has 5 aromatic rings. The molecule has 5 aromatic heterocycles. The van der Waals surface area contributed by atoms with E-state index in [2.05, 4.69) is 87.4 Å². The third kappa shape index (κ3) is 13.0. The predicted octanol–water partition coefficient (Wildman–Crippen LogP) is 14.2. The van der Waals surface area contributed by atoms with Crippen molar-refractivity contribution in [1.29, 1.82) is 0 Å². The number of pyridine rings is 5. The molecule has 79 heavy (non-hydrogen) atoms. The van der Waals surface area contributed by atoms with Gasteiger partial charge in [0.25, 0.3) is 33.7 Å². The zero-order valence-electron chi connectivity index (χ0n) is 51.3. The summed E-state index contributed by atoms with van der Waals surface area (Å²) in [6, 6.07) is 9.73. The van der Waals surface area contributed by atoms with Gasteiger partial charge in [-0.15, -0.1) is 0 Å². The van der Waals surface area contributed by atoms with E-state index >= 15 is 0 Å². The third-order valence-electron chi connectivity index (χ3n) is 17.6. The lowest BCUT2D eigenvalue weighted by Crippen LogP contribution is -2.36. The van der Waals surface area contributed by atoms with Crippen molar-refractivity contribution in [2.75, 3.05) is 0 Å². The number of halogens is 3. The number of aromatic nitrogens is 5. The molecule has 0 saturated carbocycles. The molecule has 10 heterocycles. The van der Waals surface area contributed by atoms with Crippen LogP contribution in [0, 0.1) is 52.4 Å². The highest BCUT2D eigenvalue weighted by atomic mass is 19.3. The van der Waals surface area contributed by atoms with Crippen molar-refractivity contribution < 1.29 is 13.2 Å². The van der Waals surface area contributed by atoms with Crippen molar-refractivity contribution in [3.63, 3.8) is 0 Å². The van der Waals surface area contributed by atoms with Gasteiger partial charge in [0.2, 0.25) is 0 Å². The fraction of sp³-hybridized carbons (Fsp3) is 0.621. The van der Waals surface area contributed by atoms with Crippen LogP contribution in [0.15, 0.2) is 54.3 Å². The third-order valence-corrected chi connectivity index (χ3v) is 17.6. The number of alkyl halides is 3. The summed E-state index contributed by atoms with van der Waals surface area (Å²) in [4.78, 5) is 59.8. The Kier molecular flexibility index (Phi) is 20.0. The van der Waals surface area contributed by atoms with E-state index in [0.717, 1.165) is 66.7 Å². The van der Waals surface area contributed by atoms with E-state index in [0.29, 0.717) is 71.2 Å². The van der Waals surface area contributed by atoms with E-state index in [4.69, 9.17) is 0 Å². The molecular weight excluding hydrogens is 1000 g/mol. The average molecular weight is 1090 g/mol. The molecule has 0 radical (unpaired) electrons. The van der Waals surface area contributed by atoms with Crippen molar-refractivity contribution in [1.82, 2.24) is 22.8 Å². The maximum Gasteiger partial charge on any atom is 0.289 e. The van der Waals surface area contributed by atoms with E-state index in [9.17, 15) is 37.1 Å². The lowest BCUT2D eigenvalue weighted by Gasteiger charge is -2.32. The van der Waals surface area contributed by atoms with Crippen LogP contribution >= 0.6 is 0 Å². The summed E-state index contributed by atoms with van der Waals surface area (Å²) in [6.07, 6.45) is 3.71. The minimum atomic E-state index is -2.85. The maximum atomic E-state index is 13.7. The van der Waals surface area contributed by atoms with E-state index in [-0.39, 0.29) is 58.3 Å². The minimum absolute atomic E-state index is 0.00419. The molecule has 0 spiro atoms. The highest BCUT2D eigenvalue weighted by molar-refractivity contribution is 5.36. The van der Waals surface area contributed by atoms with Gasteiger partial charge in [0.1, 0.15) is 6.17 Å². The van der Waals surface area contributed by atoms with Crippen LogP contribution in [0.1, 0.15) is 248 Å². The van der Waals surface area contributed by atoms with Gasteiger partial charge in [0.15, 0.2) is 0 Å². The highest BCUT2D eigenvalue weighted by Gasteiger charge is 2.43. The first-order chi connectivity index (χ1) is 36.8. The Morgan fingerprint density at radius 2 is 0.873 bits per heavy atom. The van der Waals surface area contributed by atoms with Crippen LogP contribution in [0.25, 0.3) is 0 Å². The van der Waals surface area contributed by atoms with Crippen molar-refractivity contribution in [3.05, 3.63) is 166 Å². The standard InChI is InChI=1S/C15H23NO.C14H21NO.C13H19NO.C12H15F2NO.C12H16FNO/c1-9(2)13-6-11(4)15(17)16-8-12(5)10(3)7-14(13)16;1-8(2)12-6-9(3)14(16)15-7-10(4)11(5)13(12)15;1-9(2)11-8-10(3)13(15)14-7-5-4-6-12(11)14;1-7(2)9-6-8(3)11(16)15-5-4-12(13,14)10(9)15;1-7(2)9-6-8(3)12(15)14-5-4-10(13)11(9)14/h6,9-10,12H,7-8H2,1-5H3;6,8,10-11H,7H2,1-5H3;8-9H,4-7H2,1-3H3;6-7H,4-5H2,1-3H3;6-7,10H,4-5H2,1-3H3. The molecule has 0 saturated heterocycles. The molecule has 0 N–H and O–H groups in total. The molecule has 5 aliphatic heterocycles. The van der Waals surface area contributed by atoms with Crippen LogP contribution in [0.4, 0.5) is 13.2 Å². The summed E-state index contributed by atoms with van der Waals surface area (Å²) in [5.41, 5.74) is 14.3. The Morgan fingerprint density at radius 1 is 0.456 bits per heavy atom. The van der Waals surface area contributed by atoms with Crippen LogP contribution in [0.3, 0.4) is 0 Å². The van der Waals surface area contributed by atoms with Crippen molar-refractivity contribution in [2.24, 2.45) is 17.8 Å². The summed E-state index contributed by atoms with van der Waals surface area (Å²) in [5.74, 6) is 1.28.